The van der Waals surface area contributed by atoms with E-state index < -0.39 is 15.8 Å². The molecule has 0 atom stereocenters. The highest BCUT2D eigenvalue weighted by Gasteiger charge is 2.30. The van der Waals surface area contributed by atoms with Gasteiger partial charge in [0.15, 0.2) is 0 Å². The highest BCUT2D eigenvalue weighted by molar-refractivity contribution is 7.89. The second-order valence-corrected chi connectivity index (χ2v) is 6.88. The topological polar surface area (TPSA) is 63.4 Å². The van der Waals surface area contributed by atoms with Crippen LogP contribution in [0.25, 0.3) is 0 Å². The van der Waals surface area contributed by atoms with Gasteiger partial charge in [0.2, 0.25) is 10.0 Å². The Morgan fingerprint density at radius 1 is 1.21 bits per heavy atom. The van der Waals surface area contributed by atoms with E-state index in [-0.39, 0.29) is 10.6 Å². The Morgan fingerprint density at radius 2 is 1.79 bits per heavy atom. The van der Waals surface area contributed by atoms with Gasteiger partial charge in [0.05, 0.1) is 10.6 Å². The highest BCUT2D eigenvalue weighted by Crippen LogP contribution is 2.30. The second-order valence-electron chi connectivity index (χ2n) is 5.01. The first kappa shape index (κ1) is 14.3. The third-order valence-corrected chi connectivity index (χ3v) is 5.81. The zero-order chi connectivity index (χ0) is 14.2. The minimum Gasteiger partial charge on any atom is -0.396 e. The first-order chi connectivity index (χ1) is 8.85. The van der Waals surface area contributed by atoms with Crippen LogP contribution in [0.3, 0.4) is 0 Å². The van der Waals surface area contributed by atoms with Crippen molar-refractivity contribution in [2.75, 3.05) is 18.8 Å². The molecule has 0 saturated carbocycles. The van der Waals surface area contributed by atoms with Crippen LogP contribution in [0.1, 0.15) is 30.4 Å². The third kappa shape index (κ3) is 2.47. The van der Waals surface area contributed by atoms with Crippen molar-refractivity contribution in [1.82, 2.24) is 4.31 Å². The molecule has 1 aromatic rings. The number of hydrogen-bond donors (Lipinski definition) is 1. The van der Waals surface area contributed by atoms with Gasteiger partial charge in [-0.3, -0.25) is 0 Å². The molecule has 0 aliphatic carbocycles. The highest BCUT2D eigenvalue weighted by atomic mass is 32.2. The van der Waals surface area contributed by atoms with Crippen LogP contribution in [0.4, 0.5) is 10.1 Å². The summed E-state index contributed by atoms with van der Waals surface area (Å²) in [6.07, 6.45) is 2.79. The normalized spacial score (nSPS) is 17.6. The van der Waals surface area contributed by atoms with E-state index in [1.807, 2.05) is 0 Å². The van der Waals surface area contributed by atoms with Crippen LogP contribution in [-0.2, 0) is 10.0 Å². The largest absolute Gasteiger partial charge is 0.396 e. The van der Waals surface area contributed by atoms with E-state index in [1.165, 1.54) is 10.4 Å². The SMILES string of the molecule is Cc1cc(F)c(N)c(C)c1S(=O)(=O)N1CCCCC1. The summed E-state index contributed by atoms with van der Waals surface area (Å²) in [5.74, 6) is -0.562. The minimum absolute atomic E-state index is 0.0822. The molecule has 1 saturated heterocycles. The molecule has 1 aromatic carbocycles. The van der Waals surface area contributed by atoms with Gasteiger partial charge in [-0.25, -0.2) is 12.8 Å². The summed E-state index contributed by atoms with van der Waals surface area (Å²) in [7, 11) is -3.58. The number of benzene rings is 1. The molecule has 0 radical (unpaired) electrons. The van der Waals surface area contributed by atoms with Gasteiger partial charge >= 0.3 is 0 Å². The Kier molecular flexibility index (Phi) is 3.82. The first-order valence-electron chi connectivity index (χ1n) is 6.41. The zero-order valence-corrected chi connectivity index (χ0v) is 12.1. The average molecular weight is 286 g/mol. The summed E-state index contributed by atoms with van der Waals surface area (Å²) >= 11 is 0. The smallest absolute Gasteiger partial charge is 0.243 e. The molecule has 2 rings (SSSR count). The average Bonchev–Trinajstić information content (AvgIpc) is 2.37. The molecule has 106 valence electrons. The lowest BCUT2D eigenvalue weighted by atomic mass is 10.1. The maximum absolute atomic E-state index is 13.5. The van der Waals surface area contributed by atoms with Crippen molar-refractivity contribution in [3.63, 3.8) is 0 Å². The number of hydrogen-bond acceptors (Lipinski definition) is 3. The lowest BCUT2D eigenvalue weighted by molar-refractivity contribution is 0.346. The molecular formula is C13H19FN2O2S. The molecule has 0 unspecified atom stereocenters. The van der Waals surface area contributed by atoms with Crippen molar-refractivity contribution in [3.8, 4) is 0 Å². The van der Waals surface area contributed by atoms with Gasteiger partial charge in [-0.2, -0.15) is 4.31 Å². The number of aryl methyl sites for hydroxylation is 1. The van der Waals surface area contributed by atoms with Gasteiger partial charge in [-0.1, -0.05) is 6.42 Å². The molecule has 1 aliphatic rings. The Morgan fingerprint density at radius 3 is 2.37 bits per heavy atom. The Labute approximate surface area is 113 Å². The molecule has 1 fully saturated rings. The van der Waals surface area contributed by atoms with E-state index in [1.54, 1.807) is 13.8 Å². The molecule has 1 aliphatic heterocycles. The van der Waals surface area contributed by atoms with Crippen molar-refractivity contribution < 1.29 is 12.8 Å². The van der Waals surface area contributed by atoms with Crippen molar-refractivity contribution in [1.29, 1.82) is 0 Å². The van der Waals surface area contributed by atoms with Gasteiger partial charge in [0.1, 0.15) is 5.82 Å². The molecule has 1 heterocycles. The Hall–Kier alpha value is -1.14. The molecule has 19 heavy (non-hydrogen) atoms. The number of anilines is 1. The van der Waals surface area contributed by atoms with E-state index in [2.05, 4.69) is 0 Å². The number of rotatable bonds is 2. The van der Waals surface area contributed by atoms with Crippen LogP contribution >= 0.6 is 0 Å². The molecule has 0 amide bonds. The second kappa shape index (κ2) is 5.09. The molecule has 0 aromatic heterocycles. The quantitative estimate of drug-likeness (QED) is 0.848. The minimum atomic E-state index is -3.58. The third-order valence-electron chi connectivity index (χ3n) is 3.62. The first-order valence-corrected chi connectivity index (χ1v) is 7.85. The van der Waals surface area contributed by atoms with Gasteiger partial charge in [-0.05, 0) is 43.9 Å². The van der Waals surface area contributed by atoms with Crippen molar-refractivity contribution in [2.45, 2.75) is 38.0 Å². The maximum atomic E-state index is 13.5. The van der Waals surface area contributed by atoms with E-state index in [0.29, 0.717) is 24.2 Å². The van der Waals surface area contributed by atoms with E-state index in [9.17, 15) is 12.8 Å². The molecule has 0 bridgehead atoms. The number of piperidine rings is 1. The number of halogens is 1. The number of nitrogen functional groups attached to an aromatic ring is 1. The predicted octanol–water partition coefficient (Wildman–Crippen LogP) is 2.20. The zero-order valence-electron chi connectivity index (χ0n) is 11.2. The van der Waals surface area contributed by atoms with E-state index >= 15 is 0 Å². The maximum Gasteiger partial charge on any atom is 0.243 e. The van der Waals surface area contributed by atoms with Gasteiger partial charge in [0.25, 0.3) is 0 Å². The van der Waals surface area contributed by atoms with Crippen LogP contribution in [0.2, 0.25) is 0 Å². The molecule has 6 heteroatoms. The van der Waals surface area contributed by atoms with Crippen LogP contribution in [-0.4, -0.2) is 25.8 Å². The number of sulfonamides is 1. The van der Waals surface area contributed by atoms with Crippen molar-refractivity contribution >= 4 is 15.7 Å². The molecule has 4 nitrogen and oxygen atoms in total. The fraction of sp³-hybridized carbons (Fsp3) is 0.538. The van der Waals surface area contributed by atoms with Crippen molar-refractivity contribution in [3.05, 3.63) is 23.0 Å². The molecule has 2 N–H and O–H groups in total. The Bertz CT molecular complexity index is 593. The predicted molar refractivity (Wildman–Crippen MR) is 72.9 cm³/mol. The van der Waals surface area contributed by atoms with Crippen LogP contribution < -0.4 is 5.73 Å². The lowest BCUT2D eigenvalue weighted by Crippen LogP contribution is -2.36. The number of nitrogens with two attached hydrogens (primary N) is 1. The van der Waals surface area contributed by atoms with Gasteiger partial charge in [-0.15, -0.1) is 0 Å². The summed E-state index contributed by atoms with van der Waals surface area (Å²) in [6, 6.07) is 1.19. The Balaban J connectivity index is 2.54. The standard InChI is InChI=1S/C13H19FN2O2S/c1-9-8-11(14)12(15)10(2)13(9)19(17,18)16-6-4-3-5-7-16/h8H,3-7,15H2,1-2H3. The van der Waals surface area contributed by atoms with Crippen LogP contribution in [0.15, 0.2) is 11.0 Å². The van der Waals surface area contributed by atoms with Crippen LogP contribution in [0, 0.1) is 19.7 Å². The fourth-order valence-corrected chi connectivity index (χ4v) is 4.52. The van der Waals surface area contributed by atoms with Gasteiger partial charge in [0, 0.05) is 13.1 Å². The molecule has 0 spiro atoms. The van der Waals surface area contributed by atoms with Gasteiger partial charge < -0.3 is 5.73 Å². The van der Waals surface area contributed by atoms with Crippen LogP contribution in [0.5, 0.6) is 0 Å². The molecular weight excluding hydrogens is 267 g/mol. The lowest BCUT2D eigenvalue weighted by Gasteiger charge is -2.27. The van der Waals surface area contributed by atoms with E-state index in [0.717, 1.165) is 19.3 Å². The van der Waals surface area contributed by atoms with E-state index in [4.69, 9.17) is 5.73 Å². The number of nitrogens with zero attached hydrogens (tertiary/aromatic N) is 1. The summed E-state index contributed by atoms with van der Waals surface area (Å²) in [5.41, 5.74) is 6.26. The fourth-order valence-electron chi connectivity index (χ4n) is 2.56. The summed E-state index contributed by atoms with van der Waals surface area (Å²) in [5, 5.41) is 0. The monoisotopic (exact) mass is 286 g/mol. The van der Waals surface area contributed by atoms with Crippen molar-refractivity contribution in [2.24, 2.45) is 0 Å². The summed E-state index contributed by atoms with van der Waals surface area (Å²) in [4.78, 5) is 0.160. The summed E-state index contributed by atoms with van der Waals surface area (Å²) < 4.78 is 40.3. The summed E-state index contributed by atoms with van der Waals surface area (Å²) in [6.45, 7) is 4.21.